The maximum atomic E-state index is 3.34. The van der Waals surface area contributed by atoms with Crippen LogP contribution in [0.3, 0.4) is 0 Å². The van der Waals surface area contributed by atoms with Crippen molar-refractivity contribution in [3.63, 3.8) is 0 Å². The normalized spacial score (nSPS) is 23.7. The topological polar surface area (TPSA) is 12.0 Å². The highest BCUT2D eigenvalue weighted by Gasteiger charge is 2.07. The predicted molar refractivity (Wildman–Crippen MR) is 56.3 cm³/mol. The minimum atomic E-state index is 1.05. The van der Waals surface area contributed by atoms with E-state index in [4.69, 9.17) is 0 Å². The van der Waals surface area contributed by atoms with Gasteiger partial charge in [0.1, 0.15) is 0 Å². The molecule has 0 amide bonds. The molecule has 0 bridgehead atoms. The van der Waals surface area contributed by atoms with Crippen LogP contribution in [0.25, 0.3) is 0 Å². The quantitative estimate of drug-likeness (QED) is 0.585. The van der Waals surface area contributed by atoms with Crippen molar-refractivity contribution < 1.29 is 0 Å². The molecule has 0 aromatic rings. The summed E-state index contributed by atoms with van der Waals surface area (Å²) in [6.07, 6.45) is 5.60. The van der Waals surface area contributed by atoms with Gasteiger partial charge in [0.15, 0.2) is 0 Å². The highest BCUT2D eigenvalue weighted by Crippen LogP contribution is 2.15. The number of hydrogen-bond donors (Lipinski definition) is 1. The Morgan fingerprint density at radius 3 is 2.08 bits per heavy atom. The van der Waals surface area contributed by atoms with E-state index in [1.54, 1.807) is 0 Å². The van der Waals surface area contributed by atoms with Crippen LogP contribution < -0.4 is 5.32 Å². The molecule has 1 rings (SSSR count). The molecule has 1 saturated heterocycles. The van der Waals surface area contributed by atoms with Gasteiger partial charge in [0.25, 0.3) is 0 Å². The summed E-state index contributed by atoms with van der Waals surface area (Å²) in [4.78, 5) is 0. The molecule has 0 saturated carbocycles. The van der Waals surface area contributed by atoms with Crippen molar-refractivity contribution in [2.24, 2.45) is 0 Å². The van der Waals surface area contributed by atoms with Crippen molar-refractivity contribution in [2.45, 2.75) is 34.1 Å². The molecule has 1 aliphatic rings. The number of allylic oxidation sites excluding steroid dienone is 2. The van der Waals surface area contributed by atoms with Gasteiger partial charge in [-0.15, -0.1) is 0 Å². The minimum absolute atomic E-state index is 1.05. The molecule has 0 aromatic carbocycles. The summed E-state index contributed by atoms with van der Waals surface area (Å²) in [7, 11) is 0. The van der Waals surface area contributed by atoms with Gasteiger partial charge in [-0.2, -0.15) is 0 Å². The molecule has 70 valence electrons. The molecule has 0 spiro atoms. The van der Waals surface area contributed by atoms with Crippen LogP contribution in [0.15, 0.2) is 23.3 Å². The molecule has 1 nitrogen and oxygen atoms in total. The van der Waals surface area contributed by atoms with E-state index in [2.05, 4.69) is 31.3 Å². The van der Waals surface area contributed by atoms with Crippen molar-refractivity contribution in [1.82, 2.24) is 5.32 Å². The molecule has 0 aliphatic carbocycles. The van der Waals surface area contributed by atoms with Crippen LogP contribution in [0.2, 0.25) is 0 Å². The molecule has 0 aromatic heterocycles. The monoisotopic (exact) mass is 167 g/mol. The van der Waals surface area contributed by atoms with Crippen LogP contribution in [0.5, 0.6) is 0 Å². The minimum Gasteiger partial charge on any atom is -0.312 e. The second-order valence-corrected chi connectivity index (χ2v) is 2.55. The number of hydrogen-bond acceptors (Lipinski definition) is 1. The predicted octanol–water partition coefficient (Wildman–Crippen LogP) is 2.90. The van der Waals surface area contributed by atoms with Gasteiger partial charge in [0.05, 0.1) is 0 Å². The maximum absolute atomic E-state index is 3.34. The molecular weight excluding hydrogens is 146 g/mol. The van der Waals surface area contributed by atoms with Crippen molar-refractivity contribution in [1.29, 1.82) is 0 Å². The van der Waals surface area contributed by atoms with Gasteiger partial charge in [-0.3, -0.25) is 0 Å². The van der Waals surface area contributed by atoms with Crippen LogP contribution >= 0.6 is 0 Å². The molecule has 0 unspecified atom stereocenters. The van der Waals surface area contributed by atoms with Gasteiger partial charge >= 0.3 is 0 Å². The Morgan fingerprint density at radius 1 is 1.08 bits per heavy atom. The molecule has 12 heavy (non-hydrogen) atoms. The first-order valence-corrected chi connectivity index (χ1v) is 4.90. The lowest BCUT2D eigenvalue weighted by Crippen LogP contribution is -2.25. The summed E-state index contributed by atoms with van der Waals surface area (Å²) in [5.41, 5.74) is 2.98. The Labute approximate surface area is 76.6 Å². The van der Waals surface area contributed by atoms with Gasteiger partial charge in [-0.05, 0) is 38.0 Å². The molecule has 1 aliphatic heterocycles. The molecular formula is C11H21N. The van der Waals surface area contributed by atoms with Crippen LogP contribution in [0.4, 0.5) is 0 Å². The Morgan fingerprint density at radius 2 is 1.67 bits per heavy atom. The lowest BCUT2D eigenvalue weighted by atomic mass is 9.99. The average Bonchev–Trinajstić information content (AvgIpc) is 2.20. The first-order chi connectivity index (χ1) is 5.88. The van der Waals surface area contributed by atoms with Crippen LogP contribution in [-0.2, 0) is 0 Å². The fraction of sp³-hybridized carbons (Fsp3) is 0.636. The standard InChI is InChI=1S/C9H15N.C2H6/c1-3-8-5-6-10-7-9(8)4-2;1-2/h3-4,10H,5-7H2,1-2H3;1-2H3/b8-3-,9-4-;. The van der Waals surface area contributed by atoms with Gasteiger partial charge in [-0.25, -0.2) is 0 Å². The third-order valence-electron chi connectivity index (χ3n) is 2.00. The summed E-state index contributed by atoms with van der Waals surface area (Å²) < 4.78 is 0. The summed E-state index contributed by atoms with van der Waals surface area (Å²) in [5, 5.41) is 3.34. The lowest BCUT2D eigenvalue weighted by molar-refractivity contribution is 0.681. The van der Waals surface area contributed by atoms with Gasteiger partial charge in [0, 0.05) is 6.54 Å². The Hall–Kier alpha value is -0.560. The second kappa shape index (κ2) is 7.11. The van der Waals surface area contributed by atoms with E-state index in [9.17, 15) is 0 Å². The first kappa shape index (κ1) is 11.4. The van der Waals surface area contributed by atoms with Crippen molar-refractivity contribution in [3.8, 4) is 0 Å². The van der Waals surface area contributed by atoms with Crippen LogP contribution in [0.1, 0.15) is 34.1 Å². The Balaban J connectivity index is 0.000000561. The highest BCUT2D eigenvalue weighted by molar-refractivity contribution is 5.33. The molecule has 1 N–H and O–H groups in total. The average molecular weight is 167 g/mol. The zero-order chi connectivity index (χ0) is 9.40. The zero-order valence-electron chi connectivity index (χ0n) is 8.78. The van der Waals surface area contributed by atoms with Crippen LogP contribution in [0, 0.1) is 0 Å². The lowest BCUT2D eigenvalue weighted by Gasteiger charge is -2.18. The van der Waals surface area contributed by atoms with E-state index in [1.165, 1.54) is 17.6 Å². The number of nitrogens with one attached hydrogen (secondary N) is 1. The van der Waals surface area contributed by atoms with Gasteiger partial charge in [0.2, 0.25) is 0 Å². The molecule has 1 fully saturated rings. The third kappa shape index (κ3) is 3.22. The van der Waals surface area contributed by atoms with E-state index in [-0.39, 0.29) is 0 Å². The summed E-state index contributed by atoms with van der Waals surface area (Å²) >= 11 is 0. The fourth-order valence-corrected chi connectivity index (χ4v) is 1.34. The molecule has 0 radical (unpaired) electrons. The van der Waals surface area contributed by atoms with Crippen molar-refractivity contribution in [3.05, 3.63) is 23.3 Å². The van der Waals surface area contributed by atoms with E-state index in [0.29, 0.717) is 0 Å². The van der Waals surface area contributed by atoms with E-state index in [1.807, 2.05) is 13.8 Å². The summed E-state index contributed by atoms with van der Waals surface area (Å²) in [6.45, 7) is 10.4. The van der Waals surface area contributed by atoms with Gasteiger partial charge < -0.3 is 5.32 Å². The number of piperidine rings is 1. The fourth-order valence-electron chi connectivity index (χ4n) is 1.34. The highest BCUT2D eigenvalue weighted by atomic mass is 14.9. The SMILES string of the molecule is C/C=C1/CCNC/C1=C/C.CC. The van der Waals surface area contributed by atoms with E-state index < -0.39 is 0 Å². The largest absolute Gasteiger partial charge is 0.312 e. The zero-order valence-corrected chi connectivity index (χ0v) is 8.78. The Bertz CT molecular complexity index is 146. The number of rotatable bonds is 0. The van der Waals surface area contributed by atoms with E-state index in [0.717, 1.165) is 13.1 Å². The van der Waals surface area contributed by atoms with Gasteiger partial charge in [-0.1, -0.05) is 26.0 Å². The van der Waals surface area contributed by atoms with Crippen molar-refractivity contribution >= 4 is 0 Å². The van der Waals surface area contributed by atoms with Crippen molar-refractivity contribution in [2.75, 3.05) is 13.1 Å². The Kier molecular flexibility index (Phi) is 6.78. The molecule has 1 heteroatoms. The summed E-state index contributed by atoms with van der Waals surface area (Å²) in [6, 6.07) is 0. The second-order valence-electron chi connectivity index (χ2n) is 2.55. The molecule has 0 atom stereocenters. The first-order valence-electron chi connectivity index (χ1n) is 4.90. The van der Waals surface area contributed by atoms with E-state index >= 15 is 0 Å². The molecule has 1 heterocycles. The van der Waals surface area contributed by atoms with Crippen LogP contribution in [-0.4, -0.2) is 13.1 Å². The summed E-state index contributed by atoms with van der Waals surface area (Å²) in [5.74, 6) is 0. The maximum Gasteiger partial charge on any atom is 0.0204 e. The smallest absolute Gasteiger partial charge is 0.0204 e. The third-order valence-corrected chi connectivity index (χ3v) is 2.00.